The first-order valence-corrected chi connectivity index (χ1v) is 13.9. The minimum atomic E-state index is -4.21. The molecule has 0 aliphatic carbocycles. The summed E-state index contributed by atoms with van der Waals surface area (Å²) in [7, 11) is -8.41. The molecule has 0 heterocycles. The summed E-state index contributed by atoms with van der Waals surface area (Å²) in [6.07, 6.45) is 2.32. The van der Waals surface area contributed by atoms with Gasteiger partial charge in [-0.25, -0.2) is 44.6 Å². The normalized spacial score (nSPS) is 11.6. The Labute approximate surface area is 209 Å². The number of benzene rings is 2. The Morgan fingerprint density at radius 3 is 1.36 bits per heavy atom. The predicted molar refractivity (Wildman–Crippen MR) is 128 cm³/mol. The first-order valence-electron chi connectivity index (χ1n) is 11.0. The third-order valence-electron chi connectivity index (χ3n) is 5.04. The average Bonchev–Trinajstić information content (AvgIpc) is 2.78. The van der Waals surface area contributed by atoms with Crippen LogP contribution in [0.4, 0.5) is 18.4 Å². The molecule has 14 heteroatoms. The van der Waals surface area contributed by atoms with Gasteiger partial charge in [0.05, 0.1) is 9.79 Å². The highest BCUT2D eigenvalue weighted by atomic mass is 32.2. The summed E-state index contributed by atoms with van der Waals surface area (Å²) in [5, 5.41) is 4.79. The lowest BCUT2D eigenvalue weighted by molar-refractivity contribution is 0.244. The van der Waals surface area contributed by atoms with Crippen LogP contribution in [0.3, 0.4) is 0 Å². The van der Waals surface area contributed by atoms with E-state index in [1.807, 2.05) is 9.44 Å². The van der Waals surface area contributed by atoms with Crippen LogP contribution in [0.5, 0.6) is 0 Å². The Morgan fingerprint density at radius 2 is 1.03 bits per heavy atom. The molecule has 0 saturated heterocycles. The first-order chi connectivity index (χ1) is 16.8. The van der Waals surface area contributed by atoms with Gasteiger partial charge in [0.1, 0.15) is 11.6 Å². The van der Waals surface area contributed by atoms with Crippen LogP contribution in [0, 0.1) is 25.5 Å². The van der Waals surface area contributed by atoms with Crippen LogP contribution in [-0.2, 0) is 20.0 Å². The number of sulfonamides is 2. The van der Waals surface area contributed by atoms with Crippen LogP contribution in [0.15, 0.2) is 46.2 Å². The van der Waals surface area contributed by atoms with Crippen molar-refractivity contribution in [3.05, 3.63) is 59.2 Å². The van der Waals surface area contributed by atoms with Gasteiger partial charge in [0.2, 0.25) is 0 Å². The van der Waals surface area contributed by atoms with E-state index in [1.165, 1.54) is 38.1 Å². The van der Waals surface area contributed by atoms with Crippen LogP contribution in [-0.4, -0.2) is 42.0 Å². The molecule has 36 heavy (non-hydrogen) atoms. The number of halogens is 2. The maximum Gasteiger partial charge on any atom is 0.328 e. The van der Waals surface area contributed by atoms with Crippen molar-refractivity contribution < 1.29 is 35.2 Å². The third kappa shape index (κ3) is 8.75. The number of hydrogen-bond donors (Lipinski definition) is 4. The van der Waals surface area contributed by atoms with Gasteiger partial charge in [0, 0.05) is 13.1 Å². The molecule has 0 spiro atoms. The first kappa shape index (κ1) is 29.0. The number of amides is 4. The fraction of sp³-hybridized carbons (Fsp3) is 0.364. The summed E-state index contributed by atoms with van der Waals surface area (Å²) in [5.74, 6) is -1.40. The van der Waals surface area contributed by atoms with Crippen molar-refractivity contribution in [2.24, 2.45) is 0 Å². The summed E-state index contributed by atoms with van der Waals surface area (Å²) >= 11 is 0. The van der Waals surface area contributed by atoms with Crippen molar-refractivity contribution in [1.82, 2.24) is 20.1 Å². The van der Waals surface area contributed by atoms with Crippen molar-refractivity contribution in [2.75, 3.05) is 13.1 Å². The van der Waals surface area contributed by atoms with Crippen LogP contribution in [0.1, 0.15) is 36.8 Å². The zero-order chi connectivity index (χ0) is 26.9. The van der Waals surface area contributed by atoms with Gasteiger partial charge in [-0.2, -0.15) is 0 Å². The highest BCUT2D eigenvalue weighted by Gasteiger charge is 2.19. The van der Waals surface area contributed by atoms with Gasteiger partial charge in [-0.1, -0.05) is 25.0 Å². The lowest BCUT2D eigenvalue weighted by Gasteiger charge is -2.10. The molecule has 0 aromatic heterocycles. The van der Waals surface area contributed by atoms with Gasteiger partial charge < -0.3 is 10.6 Å². The molecule has 2 rings (SSSR count). The molecule has 0 fully saturated rings. The summed E-state index contributed by atoms with van der Waals surface area (Å²) in [6, 6.07) is 4.76. The largest absolute Gasteiger partial charge is 0.337 e. The number of urea groups is 2. The number of nitrogens with one attached hydrogen (secondary N) is 4. The second-order valence-electron chi connectivity index (χ2n) is 7.96. The van der Waals surface area contributed by atoms with E-state index < -0.39 is 43.7 Å². The molecule has 0 aliphatic heterocycles. The molecule has 0 bridgehead atoms. The Bertz CT molecular complexity index is 1220. The molecule has 0 aliphatic rings. The number of unbranched alkanes of at least 4 members (excludes halogenated alkanes) is 3. The third-order valence-corrected chi connectivity index (χ3v) is 7.69. The molecule has 4 amide bonds. The molecule has 0 unspecified atom stereocenters. The van der Waals surface area contributed by atoms with E-state index in [0.29, 0.717) is 25.7 Å². The summed E-state index contributed by atoms with van der Waals surface area (Å²) in [6.45, 7) is 3.33. The van der Waals surface area contributed by atoms with Gasteiger partial charge in [0.25, 0.3) is 20.0 Å². The molecular weight excluding hydrogens is 518 g/mol. The van der Waals surface area contributed by atoms with Gasteiger partial charge >= 0.3 is 12.1 Å². The molecule has 2 aromatic rings. The van der Waals surface area contributed by atoms with Crippen LogP contribution < -0.4 is 20.1 Å². The number of hydrogen-bond acceptors (Lipinski definition) is 6. The number of carbonyl (C=O) groups excluding carboxylic acids is 2. The maximum absolute atomic E-state index is 13.6. The molecule has 0 saturated carbocycles. The lowest BCUT2D eigenvalue weighted by atomic mass is 10.2. The monoisotopic (exact) mass is 546 g/mol. The number of carbonyl (C=O) groups is 2. The molecular formula is C22H28F2N4O6S2. The molecule has 0 atom stereocenters. The summed E-state index contributed by atoms with van der Waals surface area (Å²) in [4.78, 5) is 22.9. The van der Waals surface area contributed by atoms with Gasteiger partial charge in [-0.15, -0.1) is 0 Å². The topological polar surface area (TPSA) is 151 Å². The van der Waals surface area contributed by atoms with E-state index in [4.69, 9.17) is 0 Å². The molecule has 2 aromatic carbocycles. The Kier molecular flexibility index (Phi) is 10.2. The van der Waals surface area contributed by atoms with Crippen molar-refractivity contribution in [3.8, 4) is 0 Å². The predicted octanol–water partition coefficient (Wildman–Crippen LogP) is 2.82. The second-order valence-corrected chi connectivity index (χ2v) is 11.3. The zero-order valence-corrected chi connectivity index (χ0v) is 21.4. The van der Waals surface area contributed by atoms with Gasteiger partial charge in [0.15, 0.2) is 0 Å². The lowest BCUT2D eigenvalue weighted by Crippen LogP contribution is -2.40. The minimum absolute atomic E-state index is 0.183. The summed E-state index contributed by atoms with van der Waals surface area (Å²) in [5.41, 5.74) is 0.552. The Hall–Kier alpha value is -3.26. The summed E-state index contributed by atoms with van der Waals surface area (Å²) < 4.78 is 79.3. The fourth-order valence-corrected chi connectivity index (χ4v) is 4.80. The van der Waals surface area contributed by atoms with E-state index in [0.717, 1.165) is 12.1 Å². The Balaban J connectivity index is 1.61. The quantitative estimate of drug-likeness (QED) is 0.318. The minimum Gasteiger partial charge on any atom is -0.337 e. The molecule has 10 nitrogen and oxygen atoms in total. The molecule has 0 radical (unpaired) electrons. The van der Waals surface area contributed by atoms with Gasteiger partial charge in [-0.05, 0) is 62.1 Å². The Morgan fingerprint density at radius 1 is 0.667 bits per heavy atom. The number of aryl methyl sites for hydroxylation is 2. The molecule has 198 valence electrons. The van der Waals surface area contributed by atoms with E-state index >= 15 is 0 Å². The fourth-order valence-electron chi connectivity index (χ4n) is 2.92. The van der Waals surface area contributed by atoms with Gasteiger partial charge in [-0.3, -0.25) is 0 Å². The highest BCUT2D eigenvalue weighted by Crippen LogP contribution is 2.15. The molecule has 4 N–H and O–H groups in total. The van der Waals surface area contributed by atoms with Crippen molar-refractivity contribution >= 4 is 32.1 Å². The van der Waals surface area contributed by atoms with E-state index in [9.17, 15) is 35.2 Å². The highest BCUT2D eigenvalue weighted by molar-refractivity contribution is 7.90. The maximum atomic E-state index is 13.6. The van der Waals surface area contributed by atoms with E-state index in [-0.39, 0.29) is 34.0 Å². The average molecular weight is 547 g/mol. The van der Waals surface area contributed by atoms with Crippen LogP contribution in [0.2, 0.25) is 0 Å². The SMILES string of the molecule is Cc1ccc(S(=O)(=O)NC(=O)NCCCCCCNC(=O)NS(=O)(=O)c2ccc(C)c(F)c2)cc1F. The van der Waals surface area contributed by atoms with E-state index in [1.54, 1.807) is 0 Å². The zero-order valence-electron chi connectivity index (χ0n) is 19.7. The standard InChI is InChI=1S/C22H28F2N4O6S2/c1-15-7-9-17(13-19(15)23)35(31,32)27-21(29)25-11-5-3-4-6-12-26-22(30)28-36(33,34)18-10-8-16(2)20(24)14-18/h7-10,13-14H,3-6,11-12H2,1-2H3,(H2,25,27,29)(H2,26,28,30). The van der Waals surface area contributed by atoms with Crippen LogP contribution >= 0.6 is 0 Å². The van der Waals surface area contributed by atoms with Crippen molar-refractivity contribution in [1.29, 1.82) is 0 Å². The van der Waals surface area contributed by atoms with Crippen molar-refractivity contribution in [3.63, 3.8) is 0 Å². The van der Waals surface area contributed by atoms with E-state index in [2.05, 4.69) is 10.6 Å². The van der Waals surface area contributed by atoms with Crippen molar-refractivity contribution in [2.45, 2.75) is 49.3 Å². The van der Waals surface area contributed by atoms with Crippen LogP contribution in [0.25, 0.3) is 0 Å². The second kappa shape index (κ2) is 12.6. The number of rotatable bonds is 11. The smallest absolute Gasteiger partial charge is 0.328 e.